The zero-order chi connectivity index (χ0) is 24.4. The number of aryl methyl sites for hydroxylation is 1. The Hall–Kier alpha value is -2.54. The molecule has 2 aromatic carbocycles. The zero-order valence-electron chi connectivity index (χ0n) is 20.2. The molecule has 0 aliphatic heterocycles. The number of amides is 2. The Morgan fingerprint density at radius 1 is 1.03 bits per heavy atom. The molecule has 0 bridgehead atoms. The van der Waals surface area contributed by atoms with Gasteiger partial charge >= 0.3 is 0 Å². The van der Waals surface area contributed by atoms with E-state index >= 15 is 0 Å². The van der Waals surface area contributed by atoms with Crippen LogP contribution in [0.2, 0.25) is 0 Å². The van der Waals surface area contributed by atoms with Crippen LogP contribution in [0.1, 0.15) is 51.7 Å². The predicted octanol–water partition coefficient (Wildman–Crippen LogP) is 5.12. The van der Waals surface area contributed by atoms with E-state index in [0.29, 0.717) is 18.7 Å². The van der Waals surface area contributed by atoms with Crippen LogP contribution in [-0.4, -0.2) is 42.5 Å². The van der Waals surface area contributed by atoms with Crippen molar-refractivity contribution in [2.75, 3.05) is 13.7 Å². The number of carbonyl (C=O) groups excluding carboxylic acids is 2. The largest absolute Gasteiger partial charge is 0.497 e. The lowest BCUT2D eigenvalue weighted by Crippen LogP contribution is -2.51. The molecule has 6 nitrogen and oxygen atoms in total. The van der Waals surface area contributed by atoms with E-state index in [9.17, 15) is 9.59 Å². The van der Waals surface area contributed by atoms with Crippen molar-refractivity contribution in [2.45, 2.75) is 65.6 Å². The molecule has 2 aromatic rings. The first kappa shape index (κ1) is 26.7. The van der Waals surface area contributed by atoms with E-state index in [1.165, 1.54) is 5.56 Å². The van der Waals surface area contributed by atoms with E-state index < -0.39 is 6.04 Å². The van der Waals surface area contributed by atoms with Gasteiger partial charge in [-0.05, 0) is 77.5 Å². The fourth-order valence-corrected chi connectivity index (χ4v) is 3.93. The first-order chi connectivity index (χ1) is 15.8. The molecule has 0 radical (unpaired) electrons. The third-order valence-corrected chi connectivity index (χ3v) is 6.27. The lowest BCUT2D eigenvalue weighted by molar-refractivity contribution is -0.143. The highest BCUT2D eigenvalue weighted by Gasteiger charge is 2.29. The number of nitrogens with one attached hydrogen (secondary N) is 1. The third-order valence-electron chi connectivity index (χ3n) is 5.65. The third kappa shape index (κ3) is 7.77. The number of benzene rings is 2. The summed E-state index contributed by atoms with van der Waals surface area (Å²) in [6.45, 7) is 8.11. The monoisotopic (exact) mass is 518 g/mol. The molecule has 180 valence electrons. The molecule has 7 heteroatoms. The summed E-state index contributed by atoms with van der Waals surface area (Å²) in [6, 6.07) is 12.8. The van der Waals surface area contributed by atoms with E-state index in [-0.39, 0.29) is 24.5 Å². The van der Waals surface area contributed by atoms with Gasteiger partial charge in [0.1, 0.15) is 17.5 Å². The maximum absolute atomic E-state index is 13.3. The van der Waals surface area contributed by atoms with E-state index in [0.717, 1.165) is 28.6 Å². The van der Waals surface area contributed by atoms with Gasteiger partial charge in [-0.15, -0.1) is 0 Å². The predicted molar refractivity (Wildman–Crippen MR) is 135 cm³/mol. The molecular weight excluding hydrogens is 484 g/mol. The van der Waals surface area contributed by atoms with Gasteiger partial charge in [0.2, 0.25) is 5.91 Å². The summed E-state index contributed by atoms with van der Waals surface area (Å²) in [7, 11) is 1.61. The van der Waals surface area contributed by atoms with Crippen molar-refractivity contribution < 1.29 is 19.1 Å². The molecule has 0 aliphatic rings. The van der Waals surface area contributed by atoms with Crippen LogP contribution < -0.4 is 14.8 Å². The second kappa shape index (κ2) is 13.2. The van der Waals surface area contributed by atoms with Crippen molar-refractivity contribution in [3.8, 4) is 11.5 Å². The van der Waals surface area contributed by atoms with Crippen LogP contribution >= 0.6 is 15.9 Å². The zero-order valence-corrected chi connectivity index (χ0v) is 21.8. The van der Waals surface area contributed by atoms with Crippen LogP contribution in [0.15, 0.2) is 46.9 Å². The smallest absolute Gasteiger partial charge is 0.261 e. The summed E-state index contributed by atoms with van der Waals surface area (Å²) < 4.78 is 11.9. The van der Waals surface area contributed by atoms with Crippen molar-refractivity contribution in [2.24, 2.45) is 0 Å². The van der Waals surface area contributed by atoms with Gasteiger partial charge in [0, 0.05) is 12.6 Å². The summed E-state index contributed by atoms with van der Waals surface area (Å²) in [5.41, 5.74) is 2.09. The molecule has 0 heterocycles. The molecule has 0 saturated heterocycles. The number of rotatable bonds is 12. The second-order valence-corrected chi connectivity index (χ2v) is 8.87. The Bertz CT molecular complexity index is 917. The van der Waals surface area contributed by atoms with Gasteiger partial charge in [-0.2, -0.15) is 0 Å². The van der Waals surface area contributed by atoms with Crippen LogP contribution in [0.3, 0.4) is 0 Å². The van der Waals surface area contributed by atoms with Crippen LogP contribution in [0.25, 0.3) is 0 Å². The summed E-state index contributed by atoms with van der Waals surface area (Å²) in [5, 5.41) is 3.01. The lowest BCUT2D eigenvalue weighted by Gasteiger charge is -2.31. The van der Waals surface area contributed by atoms with Gasteiger partial charge < -0.3 is 19.7 Å². The Kier molecular flexibility index (Phi) is 10.7. The van der Waals surface area contributed by atoms with Gasteiger partial charge in [0.15, 0.2) is 6.61 Å². The number of halogens is 1. The normalized spacial score (nSPS) is 12.5. The number of hydrogen-bond donors (Lipinski definition) is 1. The molecule has 0 saturated carbocycles. The standard InChI is InChI=1S/C26H35BrN2O4/c1-6-18(4)28-26(31)23(8-3)29(16-20-9-12-21(32-5)13-10-20)25(30)17-33-24-14-11-19(7-2)15-22(24)27/h9-15,18,23H,6-8,16-17H2,1-5H3,(H,28,31). The second-order valence-electron chi connectivity index (χ2n) is 8.02. The van der Waals surface area contributed by atoms with Crippen molar-refractivity contribution in [3.05, 3.63) is 58.1 Å². The van der Waals surface area contributed by atoms with Gasteiger partial charge in [-0.25, -0.2) is 0 Å². The van der Waals surface area contributed by atoms with E-state index in [4.69, 9.17) is 9.47 Å². The van der Waals surface area contributed by atoms with Crippen LogP contribution in [0, 0.1) is 0 Å². The summed E-state index contributed by atoms with van der Waals surface area (Å²) >= 11 is 3.52. The molecule has 0 fully saturated rings. The molecule has 33 heavy (non-hydrogen) atoms. The van der Waals surface area contributed by atoms with Crippen LogP contribution in [0.5, 0.6) is 11.5 Å². The Labute approximate surface area is 205 Å². The molecule has 1 N–H and O–H groups in total. The van der Waals surface area contributed by atoms with Gasteiger partial charge in [0.05, 0.1) is 11.6 Å². The fraction of sp³-hybridized carbons (Fsp3) is 0.462. The van der Waals surface area contributed by atoms with Crippen molar-refractivity contribution >= 4 is 27.7 Å². The minimum Gasteiger partial charge on any atom is -0.497 e. The SMILES string of the molecule is CCc1ccc(OCC(=O)N(Cc2ccc(OC)cc2)C(CC)C(=O)NC(C)CC)c(Br)c1. The van der Waals surface area contributed by atoms with Crippen molar-refractivity contribution in [1.82, 2.24) is 10.2 Å². The highest BCUT2D eigenvalue weighted by molar-refractivity contribution is 9.10. The average Bonchev–Trinajstić information content (AvgIpc) is 2.83. The Balaban J connectivity index is 2.23. The van der Waals surface area contributed by atoms with Gasteiger partial charge in [-0.1, -0.05) is 39.0 Å². The quantitative estimate of drug-likeness (QED) is 0.423. The Morgan fingerprint density at radius 3 is 2.24 bits per heavy atom. The maximum Gasteiger partial charge on any atom is 0.261 e. The number of nitrogens with zero attached hydrogens (tertiary/aromatic N) is 1. The molecule has 2 unspecified atom stereocenters. The summed E-state index contributed by atoms with van der Waals surface area (Å²) in [6.07, 6.45) is 2.23. The maximum atomic E-state index is 13.3. The number of hydrogen-bond acceptors (Lipinski definition) is 4. The molecular formula is C26H35BrN2O4. The lowest BCUT2D eigenvalue weighted by atomic mass is 10.1. The van der Waals surface area contributed by atoms with Crippen LogP contribution in [-0.2, 0) is 22.6 Å². The molecule has 0 aromatic heterocycles. The molecule has 2 amide bonds. The number of methoxy groups -OCH3 is 1. The molecule has 0 spiro atoms. The molecule has 2 rings (SSSR count). The van der Waals surface area contributed by atoms with E-state index in [1.54, 1.807) is 12.0 Å². The van der Waals surface area contributed by atoms with Gasteiger partial charge in [-0.3, -0.25) is 9.59 Å². The first-order valence-electron chi connectivity index (χ1n) is 11.5. The Morgan fingerprint density at radius 2 is 1.70 bits per heavy atom. The van der Waals surface area contributed by atoms with E-state index in [2.05, 4.69) is 28.2 Å². The summed E-state index contributed by atoms with van der Waals surface area (Å²) in [4.78, 5) is 27.9. The van der Waals surface area contributed by atoms with Crippen LogP contribution in [0.4, 0.5) is 0 Å². The van der Waals surface area contributed by atoms with Crippen molar-refractivity contribution in [1.29, 1.82) is 0 Å². The average molecular weight is 519 g/mol. The minimum atomic E-state index is -0.594. The van der Waals surface area contributed by atoms with Crippen molar-refractivity contribution in [3.63, 3.8) is 0 Å². The number of ether oxygens (including phenoxy) is 2. The number of carbonyl (C=O) groups is 2. The molecule has 0 aliphatic carbocycles. The first-order valence-corrected chi connectivity index (χ1v) is 12.3. The topological polar surface area (TPSA) is 67.9 Å². The minimum absolute atomic E-state index is 0.0359. The highest BCUT2D eigenvalue weighted by atomic mass is 79.9. The fourth-order valence-electron chi connectivity index (χ4n) is 3.39. The summed E-state index contributed by atoms with van der Waals surface area (Å²) in [5.74, 6) is 0.939. The highest BCUT2D eigenvalue weighted by Crippen LogP contribution is 2.26. The van der Waals surface area contributed by atoms with Gasteiger partial charge in [0.25, 0.3) is 5.91 Å². The molecule has 2 atom stereocenters. The van der Waals surface area contributed by atoms with E-state index in [1.807, 2.05) is 63.2 Å².